The van der Waals surface area contributed by atoms with E-state index in [2.05, 4.69) is 0 Å². The van der Waals surface area contributed by atoms with Crippen LogP contribution < -0.4 is 5.73 Å². The van der Waals surface area contributed by atoms with Crippen LogP contribution in [0.2, 0.25) is 0 Å². The minimum atomic E-state index is -1.17. The van der Waals surface area contributed by atoms with Crippen molar-refractivity contribution in [1.29, 1.82) is 0 Å². The second-order valence-corrected chi connectivity index (χ2v) is 4.88. The van der Waals surface area contributed by atoms with Crippen LogP contribution in [0.3, 0.4) is 0 Å². The molecule has 1 rings (SSSR count). The normalized spacial score (nSPS) is 15.9. The lowest BCUT2D eigenvalue weighted by molar-refractivity contribution is -0.138. The van der Waals surface area contributed by atoms with Gasteiger partial charge >= 0.3 is 12.0 Å². The summed E-state index contributed by atoms with van der Waals surface area (Å²) in [5.74, 6) is -1.49. The molecule has 3 N–H and O–H groups in total. The highest BCUT2D eigenvalue weighted by atomic mass is 16.5. The van der Waals surface area contributed by atoms with Crippen LogP contribution in [0.5, 0.6) is 0 Å². The average molecular weight is 287 g/mol. The molecular weight excluding hydrogens is 266 g/mol. The van der Waals surface area contributed by atoms with Crippen molar-refractivity contribution in [2.24, 2.45) is 11.7 Å². The lowest BCUT2D eigenvalue weighted by Gasteiger charge is -2.34. The number of carbonyl (C=O) groups excluding carboxylic acids is 2. The van der Waals surface area contributed by atoms with E-state index in [0.29, 0.717) is 25.6 Å². The number of amides is 3. The van der Waals surface area contributed by atoms with E-state index in [-0.39, 0.29) is 6.54 Å². The number of carboxylic acids is 1. The zero-order chi connectivity index (χ0) is 15.1. The molecule has 114 valence electrons. The molecule has 8 nitrogen and oxygen atoms in total. The van der Waals surface area contributed by atoms with Crippen LogP contribution in [0.25, 0.3) is 0 Å². The molecule has 0 unspecified atom stereocenters. The van der Waals surface area contributed by atoms with Crippen molar-refractivity contribution < 1.29 is 24.2 Å². The van der Waals surface area contributed by atoms with Gasteiger partial charge in [-0.2, -0.15) is 0 Å². The van der Waals surface area contributed by atoms with E-state index < -0.39 is 24.5 Å². The van der Waals surface area contributed by atoms with Crippen LogP contribution >= 0.6 is 0 Å². The van der Waals surface area contributed by atoms with Crippen molar-refractivity contribution in [2.75, 3.05) is 39.9 Å². The number of likely N-dealkylation sites (tertiary alicyclic amines) is 1. The van der Waals surface area contributed by atoms with Crippen molar-refractivity contribution >= 4 is 17.9 Å². The highest BCUT2D eigenvalue weighted by Crippen LogP contribution is 2.18. The first-order valence-electron chi connectivity index (χ1n) is 6.47. The van der Waals surface area contributed by atoms with Gasteiger partial charge in [0, 0.05) is 26.8 Å². The van der Waals surface area contributed by atoms with E-state index in [1.165, 1.54) is 0 Å². The molecule has 1 aliphatic rings. The van der Waals surface area contributed by atoms with Crippen LogP contribution in [0.15, 0.2) is 0 Å². The molecule has 0 radical (unpaired) electrons. The predicted molar refractivity (Wildman–Crippen MR) is 70.0 cm³/mol. The van der Waals surface area contributed by atoms with Crippen LogP contribution in [0.4, 0.5) is 4.79 Å². The monoisotopic (exact) mass is 287 g/mol. The van der Waals surface area contributed by atoms with Crippen molar-refractivity contribution in [3.63, 3.8) is 0 Å². The fraction of sp³-hybridized carbons (Fsp3) is 0.750. The van der Waals surface area contributed by atoms with E-state index >= 15 is 0 Å². The lowest BCUT2D eigenvalue weighted by atomic mass is 9.98. The van der Waals surface area contributed by atoms with Crippen molar-refractivity contribution in [1.82, 2.24) is 9.80 Å². The number of primary amides is 1. The van der Waals surface area contributed by atoms with Gasteiger partial charge in [-0.05, 0) is 18.8 Å². The molecule has 1 saturated heterocycles. The number of aliphatic carboxylic acids is 1. The number of urea groups is 1. The first-order chi connectivity index (χ1) is 9.43. The van der Waals surface area contributed by atoms with Crippen molar-refractivity contribution in [2.45, 2.75) is 12.8 Å². The molecule has 3 amide bonds. The molecular formula is C12H21N3O5. The van der Waals surface area contributed by atoms with Gasteiger partial charge in [0.2, 0.25) is 5.91 Å². The third-order valence-corrected chi connectivity index (χ3v) is 3.23. The molecule has 8 heteroatoms. The number of carboxylic acid groups (broad SMARTS) is 1. The Morgan fingerprint density at radius 3 is 2.35 bits per heavy atom. The standard InChI is InChI=1S/C12H21N3O5/c1-20-8-9-2-4-14(5-3-9)12(19)15(6-10(13)16)7-11(17)18/h9H,2-8H2,1H3,(H2,13,16)(H,17,18). The smallest absolute Gasteiger partial charge is 0.323 e. The SMILES string of the molecule is COCC1CCN(C(=O)N(CC(N)=O)CC(=O)O)CC1. The number of carbonyl (C=O) groups is 3. The molecule has 0 aromatic heterocycles. The molecule has 0 aliphatic carbocycles. The summed E-state index contributed by atoms with van der Waals surface area (Å²) in [6.45, 7) is 0.800. The maximum absolute atomic E-state index is 12.2. The molecule has 1 aliphatic heterocycles. The minimum absolute atomic E-state index is 0.386. The second kappa shape index (κ2) is 7.68. The fourth-order valence-electron chi connectivity index (χ4n) is 2.27. The van der Waals surface area contributed by atoms with Gasteiger partial charge in [0.1, 0.15) is 13.1 Å². The Labute approximate surface area is 117 Å². The van der Waals surface area contributed by atoms with Crippen LogP contribution in [0.1, 0.15) is 12.8 Å². The minimum Gasteiger partial charge on any atom is -0.480 e. The maximum Gasteiger partial charge on any atom is 0.323 e. The molecule has 0 saturated carbocycles. The molecule has 20 heavy (non-hydrogen) atoms. The highest BCUT2D eigenvalue weighted by Gasteiger charge is 2.28. The molecule has 1 heterocycles. The second-order valence-electron chi connectivity index (χ2n) is 4.88. The Morgan fingerprint density at radius 2 is 1.90 bits per heavy atom. The Bertz CT molecular complexity index is 350. The van der Waals surface area contributed by atoms with E-state index in [9.17, 15) is 14.4 Å². The van der Waals surface area contributed by atoms with Gasteiger partial charge in [0.05, 0.1) is 0 Å². The highest BCUT2D eigenvalue weighted by molar-refractivity contribution is 5.86. The Hall–Kier alpha value is -1.83. The quantitative estimate of drug-likeness (QED) is 0.673. The number of rotatable bonds is 6. The predicted octanol–water partition coefficient (Wildman–Crippen LogP) is -0.663. The summed E-state index contributed by atoms with van der Waals surface area (Å²) in [4.78, 5) is 36.3. The largest absolute Gasteiger partial charge is 0.480 e. The fourth-order valence-corrected chi connectivity index (χ4v) is 2.27. The number of piperidine rings is 1. The zero-order valence-corrected chi connectivity index (χ0v) is 11.6. The van der Waals surface area contributed by atoms with E-state index in [1.54, 1.807) is 12.0 Å². The number of ether oxygens (including phenoxy) is 1. The van der Waals surface area contributed by atoms with E-state index in [4.69, 9.17) is 15.6 Å². The topological polar surface area (TPSA) is 113 Å². The molecule has 0 atom stereocenters. The number of nitrogens with two attached hydrogens (primary N) is 1. The summed E-state index contributed by atoms with van der Waals surface area (Å²) < 4.78 is 5.08. The first kappa shape index (κ1) is 16.2. The average Bonchev–Trinajstić information content (AvgIpc) is 2.37. The Kier molecular flexibility index (Phi) is 6.23. The van der Waals surface area contributed by atoms with Crippen molar-refractivity contribution in [3.05, 3.63) is 0 Å². The van der Waals surface area contributed by atoms with Gasteiger partial charge in [0.15, 0.2) is 0 Å². The third-order valence-electron chi connectivity index (χ3n) is 3.23. The summed E-state index contributed by atoms with van der Waals surface area (Å²) in [6, 6.07) is -0.456. The zero-order valence-electron chi connectivity index (χ0n) is 11.6. The molecule has 0 aromatic carbocycles. The number of hydrogen-bond acceptors (Lipinski definition) is 4. The Morgan fingerprint density at radius 1 is 1.30 bits per heavy atom. The van der Waals surface area contributed by atoms with E-state index in [0.717, 1.165) is 17.7 Å². The van der Waals surface area contributed by atoms with E-state index in [1.807, 2.05) is 0 Å². The molecule has 0 bridgehead atoms. The number of nitrogens with zero attached hydrogens (tertiary/aromatic N) is 2. The van der Waals surface area contributed by atoms with Crippen LogP contribution in [-0.4, -0.2) is 72.7 Å². The summed E-state index contributed by atoms with van der Waals surface area (Å²) >= 11 is 0. The van der Waals surface area contributed by atoms with Gasteiger partial charge in [0.25, 0.3) is 0 Å². The van der Waals surface area contributed by atoms with Gasteiger partial charge in [-0.15, -0.1) is 0 Å². The summed E-state index contributed by atoms with van der Waals surface area (Å²) in [6.07, 6.45) is 1.61. The summed E-state index contributed by atoms with van der Waals surface area (Å²) in [5.41, 5.74) is 5.04. The lowest BCUT2D eigenvalue weighted by Crippen LogP contribution is -2.50. The van der Waals surface area contributed by atoms with Crippen LogP contribution in [-0.2, 0) is 14.3 Å². The maximum atomic E-state index is 12.2. The number of hydrogen-bond donors (Lipinski definition) is 2. The molecule has 1 fully saturated rings. The van der Waals surface area contributed by atoms with Gasteiger partial charge in [-0.1, -0.05) is 0 Å². The number of methoxy groups -OCH3 is 1. The van der Waals surface area contributed by atoms with Crippen LogP contribution in [0, 0.1) is 5.92 Å². The van der Waals surface area contributed by atoms with Gasteiger partial charge in [-0.25, -0.2) is 4.79 Å². The first-order valence-corrected chi connectivity index (χ1v) is 6.47. The van der Waals surface area contributed by atoms with Crippen molar-refractivity contribution in [3.8, 4) is 0 Å². The summed E-state index contributed by atoms with van der Waals surface area (Å²) in [7, 11) is 1.64. The third kappa shape index (κ3) is 5.04. The van der Waals surface area contributed by atoms with Gasteiger partial charge < -0.3 is 25.4 Å². The van der Waals surface area contributed by atoms with Gasteiger partial charge in [-0.3, -0.25) is 9.59 Å². The molecule has 0 aromatic rings. The summed E-state index contributed by atoms with van der Waals surface area (Å²) in [5, 5.41) is 8.78. The Balaban J connectivity index is 2.57. The molecule has 0 spiro atoms.